The number of hydrogen-bond acceptors (Lipinski definition) is 4. The van der Waals surface area contributed by atoms with Crippen LogP contribution in [0.4, 0.5) is 5.69 Å². The minimum atomic E-state index is 0.0875. The van der Waals surface area contributed by atoms with Crippen molar-refractivity contribution in [2.75, 3.05) is 51.7 Å². The smallest absolute Gasteiger partial charge is 0.260 e. The van der Waals surface area contributed by atoms with Gasteiger partial charge in [-0.25, -0.2) is 0 Å². The van der Waals surface area contributed by atoms with E-state index in [4.69, 9.17) is 4.74 Å². The van der Waals surface area contributed by atoms with Crippen LogP contribution in [0.2, 0.25) is 0 Å². The van der Waals surface area contributed by atoms with Crippen molar-refractivity contribution in [3.63, 3.8) is 0 Å². The number of hydrogen-bond donors (Lipinski definition) is 1. The number of ether oxygens (including phenoxy) is 1. The van der Waals surface area contributed by atoms with Gasteiger partial charge in [0, 0.05) is 44.0 Å². The Hall–Kier alpha value is -1.75. The Morgan fingerprint density at radius 1 is 1.29 bits per heavy atom. The zero-order valence-electron chi connectivity index (χ0n) is 12.6. The van der Waals surface area contributed by atoms with Crippen LogP contribution in [0.15, 0.2) is 18.2 Å². The van der Waals surface area contributed by atoms with Crippen LogP contribution in [0.5, 0.6) is 5.75 Å². The molecular weight excluding hydrogens is 266 g/mol. The number of carbonyl (C=O) groups excluding carboxylic acids is 1. The summed E-state index contributed by atoms with van der Waals surface area (Å²) in [6.07, 6.45) is 2.13. The van der Waals surface area contributed by atoms with E-state index in [1.807, 2.05) is 17.0 Å². The summed E-state index contributed by atoms with van der Waals surface area (Å²) in [6, 6.07) is 6.01. The quantitative estimate of drug-likeness (QED) is 0.908. The van der Waals surface area contributed by atoms with Crippen LogP contribution >= 0.6 is 0 Å². The monoisotopic (exact) mass is 289 g/mol. The Kier molecular flexibility index (Phi) is 4.29. The van der Waals surface area contributed by atoms with Gasteiger partial charge < -0.3 is 19.9 Å². The first kappa shape index (κ1) is 14.2. The lowest BCUT2D eigenvalue weighted by Gasteiger charge is -2.32. The molecule has 2 heterocycles. The molecule has 0 unspecified atom stereocenters. The summed E-state index contributed by atoms with van der Waals surface area (Å²) < 4.78 is 5.80. The van der Waals surface area contributed by atoms with Gasteiger partial charge in [-0.2, -0.15) is 0 Å². The van der Waals surface area contributed by atoms with E-state index in [1.54, 1.807) is 0 Å². The molecule has 1 aromatic rings. The number of benzene rings is 1. The van der Waals surface area contributed by atoms with Gasteiger partial charge in [0.05, 0.1) is 0 Å². The highest BCUT2D eigenvalue weighted by atomic mass is 16.5. The standard InChI is InChI=1S/C16H23N3O2/c1-18-8-10-19(11-9-18)16(20)12-21-15-6-2-5-14-13(15)4-3-7-17-14/h2,5-6,17H,3-4,7-12H2,1H3. The van der Waals surface area contributed by atoms with Crippen molar-refractivity contribution in [1.29, 1.82) is 0 Å². The summed E-state index contributed by atoms with van der Waals surface area (Å²) in [5, 5.41) is 3.38. The topological polar surface area (TPSA) is 44.8 Å². The van der Waals surface area contributed by atoms with Crippen molar-refractivity contribution in [2.24, 2.45) is 0 Å². The van der Waals surface area contributed by atoms with Crippen LogP contribution in [0, 0.1) is 0 Å². The fraction of sp³-hybridized carbons (Fsp3) is 0.562. The highest BCUT2D eigenvalue weighted by molar-refractivity contribution is 5.78. The van der Waals surface area contributed by atoms with E-state index >= 15 is 0 Å². The molecule has 0 aliphatic carbocycles. The van der Waals surface area contributed by atoms with Gasteiger partial charge in [-0.15, -0.1) is 0 Å². The summed E-state index contributed by atoms with van der Waals surface area (Å²) in [6.45, 7) is 4.63. The summed E-state index contributed by atoms with van der Waals surface area (Å²) >= 11 is 0. The molecule has 114 valence electrons. The normalized spacial score (nSPS) is 18.8. The number of piperazine rings is 1. The van der Waals surface area contributed by atoms with Gasteiger partial charge in [0.2, 0.25) is 0 Å². The Morgan fingerprint density at radius 3 is 2.90 bits per heavy atom. The summed E-state index contributed by atoms with van der Waals surface area (Å²) in [5.41, 5.74) is 2.35. The third-order valence-electron chi connectivity index (χ3n) is 4.26. The van der Waals surface area contributed by atoms with Gasteiger partial charge in [-0.05, 0) is 32.0 Å². The van der Waals surface area contributed by atoms with Crippen molar-refractivity contribution in [3.8, 4) is 5.75 Å². The van der Waals surface area contributed by atoms with Crippen LogP contribution in [-0.4, -0.2) is 62.1 Å². The molecule has 5 nitrogen and oxygen atoms in total. The first-order valence-electron chi connectivity index (χ1n) is 7.69. The molecule has 0 spiro atoms. The van der Waals surface area contributed by atoms with E-state index in [0.717, 1.165) is 57.0 Å². The number of carbonyl (C=O) groups is 1. The molecule has 0 atom stereocenters. The average Bonchev–Trinajstić information content (AvgIpc) is 2.53. The predicted octanol–water partition coefficient (Wildman–Crippen LogP) is 1.20. The fourth-order valence-electron chi connectivity index (χ4n) is 2.90. The van der Waals surface area contributed by atoms with Gasteiger partial charge in [-0.1, -0.05) is 6.07 Å². The number of anilines is 1. The average molecular weight is 289 g/mol. The van der Waals surface area contributed by atoms with E-state index in [9.17, 15) is 4.79 Å². The van der Waals surface area contributed by atoms with Gasteiger partial charge in [0.25, 0.3) is 5.91 Å². The minimum absolute atomic E-state index is 0.0875. The number of nitrogens with zero attached hydrogens (tertiary/aromatic N) is 2. The minimum Gasteiger partial charge on any atom is -0.483 e. The number of likely N-dealkylation sites (N-methyl/N-ethyl adjacent to an activating group) is 1. The van der Waals surface area contributed by atoms with Crippen molar-refractivity contribution in [3.05, 3.63) is 23.8 Å². The molecule has 1 N–H and O–H groups in total. The van der Waals surface area contributed by atoms with Crippen molar-refractivity contribution in [2.45, 2.75) is 12.8 Å². The molecule has 1 saturated heterocycles. The lowest BCUT2D eigenvalue weighted by atomic mass is 10.0. The van der Waals surface area contributed by atoms with Crippen LogP contribution < -0.4 is 10.1 Å². The van der Waals surface area contributed by atoms with Gasteiger partial charge in [0.15, 0.2) is 6.61 Å². The molecule has 0 aromatic heterocycles. The van der Waals surface area contributed by atoms with Crippen LogP contribution in [0.3, 0.4) is 0 Å². The van der Waals surface area contributed by atoms with Crippen LogP contribution in [-0.2, 0) is 11.2 Å². The van der Waals surface area contributed by atoms with E-state index in [1.165, 1.54) is 5.56 Å². The number of fused-ring (bicyclic) bond motifs is 1. The second-order valence-corrected chi connectivity index (χ2v) is 5.79. The SMILES string of the molecule is CN1CCN(C(=O)COc2cccc3c2CCCN3)CC1. The third kappa shape index (κ3) is 3.29. The molecule has 2 aliphatic rings. The lowest BCUT2D eigenvalue weighted by Crippen LogP contribution is -2.48. The van der Waals surface area contributed by atoms with Crippen molar-refractivity contribution >= 4 is 11.6 Å². The lowest BCUT2D eigenvalue weighted by molar-refractivity contribution is -0.134. The molecule has 0 bridgehead atoms. The van der Waals surface area contributed by atoms with Crippen molar-refractivity contribution < 1.29 is 9.53 Å². The van der Waals surface area contributed by atoms with Gasteiger partial charge in [0.1, 0.15) is 5.75 Å². The Morgan fingerprint density at radius 2 is 2.10 bits per heavy atom. The highest BCUT2D eigenvalue weighted by Crippen LogP contribution is 2.30. The Balaban J connectivity index is 1.59. The highest BCUT2D eigenvalue weighted by Gasteiger charge is 2.20. The maximum Gasteiger partial charge on any atom is 0.260 e. The Bertz CT molecular complexity index is 510. The van der Waals surface area contributed by atoms with Crippen molar-refractivity contribution in [1.82, 2.24) is 9.80 Å². The van der Waals surface area contributed by atoms with Gasteiger partial charge in [-0.3, -0.25) is 4.79 Å². The van der Waals surface area contributed by atoms with E-state index in [0.29, 0.717) is 0 Å². The van der Waals surface area contributed by atoms with Crippen LogP contribution in [0.1, 0.15) is 12.0 Å². The molecule has 5 heteroatoms. The molecule has 2 aliphatic heterocycles. The zero-order valence-corrected chi connectivity index (χ0v) is 12.6. The Labute approximate surface area is 125 Å². The maximum atomic E-state index is 12.2. The molecule has 0 saturated carbocycles. The second kappa shape index (κ2) is 6.35. The molecular formula is C16H23N3O2. The molecule has 3 rings (SSSR count). The molecule has 1 fully saturated rings. The predicted molar refractivity (Wildman–Crippen MR) is 82.8 cm³/mol. The molecule has 1 aromatic carbocycles. The molecule has 21 heavy (non-hydrogen) atoms. The van der Waals surface area contributed by atoms with Crippen LogP contribution in [0.25, 0.3) is 0 Å². The number of amides is 1. The maximum absolute atomic E-state index is 12.2. The third-order valence-corrected chi connectivity index (χ3v) is 4.26. The van der Waals surface area contributed by atoms with E-state index < -0.39 is 0 Å². The van der Waals surface area contributed by atoms with E-state index in [-0.39, 0.29) is 12.5 Å². The summed E-state index contributed by atoms with van der Waals surface area (Å²) in [5.74, 6) is 0.937. The molecule has 0 radical (unpaired) electrons. The second-order valence-electron chi connectivity index (χ2n) is 5.79. The first-order valence-corrected chi connectivity index (χ1v) is 7.69. The number of rotatable bonds is 3. The fourth-order valence-corrected chi connectivity index (χ4v) is 2.90. The van der Waals surface area contributed by atoms with Gasteiger partial charge >= 0.3 is 0 Å². The zero-order chi connectivity index (χ0) is 14.7. The van der Waals surface area contributed by atoms with E-state index in [2.05, 4.69) is 23.3 Å². The number of nitrogens with one attached hydrogen (secondary N) is 1. The molecule has 1 amide bonds. The first-order chi connectivity index (χ1) is 10.2. The summed E-state index contributed by atoms with van der Waals surface area (Å²) in [4.78, 5) is 16.3. The summed E-state index contributed by atoms with van der Waals surface area (Å²) in [7, 11) is 2.08. The largest absolute Gasteiger partial charge is 0.483 e.